The van der Waals surface area contributed by atoms with Crippen LogP contribution < -0.4 is 5.32 Å². The molecule has 0 saturated carbocycles. The van der Waals surface area contributed by atoms with E-state index in [1.165, 1.54) is 16.9 Å². The second-order valence-electron chi connectivity index (χ2n) is 4.72. The van der Waals surface area contributed by atoms with E-state index in [1.807, 2.05) is 0 Å². The molecule has 0 aromatic carbocycles. The number of fused-ring (bicyclic) bond motifs is 1. The summed E-state index contributed by atoms with van der Waals surface area (Å²) in [5.41, 5.74) is 1.40. The number of nitrogens with one attached hydrogen (secondary N) is 1. The highest BCUT2D eigenvalue weighted by molar-refractivity contribution is 7.16. The standard InChI is InChI=1S/C13H20ClNOS/c1-2-9(5-6-16)8-15-11-3-4-12-10(11)7-13(14)17-12/h7,9,11,15-16H,2-6,8H2,1H3. The summed E-state index contributed by atoms with van der Waals surface area (Å²) in [7, 11) is 0. The highest BCUT2D eigenvalue weighted by Gasteiger charge is 2.25. The molecule has 1 aromatic heterocycles. The first kappa shape index (κ1) is 13.3. The van der Waals surface area contributed by atoms with E-state index in [4.69, 9.17) is 16.7 Å². The quantitative estimate of drug-likeness (QED) is 0.833. The fourth-order valence-electron chi connectivity index (χ4n) is 2.48. The van der Waals surface area contributed by atoms with Gasteiger partial charge >= 0.3 is 0 Å². The SMILES string of the molecule is CCC(CCO)CNC1CCc2sc(Cl)cc21. The zero-order valence-electron chi connectivity index (χ0n) is 10.2. The molecule has 4 heteroatoms. The predicted molar refractivity (Wildman–Crippen MR) is 73.9 cm³/mol. The number of rotatable bonds is 6. The zero-order chi connectivity index (χ0) is 12.3. The number of halogens is 1. The van der Waals surface area contributed by atoms with Crippen LogP contribution in [0.25, 0.3) is 0 Å². The van der Waals surface area contributed by atoms with Crippen molar-refractivity contribution in [2.75, 3.05) is 13.2 Å². The van der Waals surface area contributed by atoms with Gasteiger partial charge in [-0.2, -0.15) is 0 Å². The van der Waals surface area contributed by atoms with Crippen LogP contribution in [0.15, 0.2) is 6.07 Å². The minimum Gasteiger partial charge on any atom is -0.396 e. The molecule has 0 radical (unpaired) electrons. The molecule has 17 heavy (non-hydrogen) atoms. The normalized spacial score (nSPS) is 20.5. The van der Waals surface area contributed by atoms with Crippen LogP contribution in [0.3, 0.4) is 0 Å². The van der Waals surface area contributed by atoms with Crippen molar-refractivity contribution >= 4 is 22.9 Å². The van der Waals surface area contributed by atoms with Gasteiger partial charge in [0, 0.05) is 17.5 Å². The minimum atomic E-state index is 0.292. The largest absolute Gasteiger partial charge is 0.396 e. The van der Waals surface area contributed by atoms with Crippen LogP contribution in [0, 0.1) is 5.92 Å². The second-order valence-corrected chi connectivity index (χ2v) is 6.48. The van der Waals surface area contributed by atoms with Gasteiger partial charge in [-0.1, -0.05) is 24.9 Å². The molecule has 1 aliphatic carbocycles. The van der Waals surface area contributed by atoms with Crippen molar-refractivity contribution in [3.05, 3.63) is 20.8 Å². The monoisotopic (exact) mass is 273 g/mol. The average Bonchev–Trinajstić information content (AvgIpc) is 2.84. The van der Waals surface area contributed by atoms with Crippen LogP contribution in [0.1, 0.15) is 42.7 Å². The van der Waals surface area contributed by atoms with E-state index in [1.54, 1.807) is 11.3 Å². The first-order valence-corrected chi connectivity index (χ1v) is 7.56. The Labute approximate surface area is 112 Å². The molecule has 1 aliphatic rings. The van der Waals surface area contributed by atoms with Crippen LogP contribution in [-0.2, 0) is 6.42 Å². The summed E-state index contributed by atoms with van der Waals surface area (Å²) in [6.07, 6.45) is 4.36. The van der Waals surface area contributed by atoms with E-state index in [-0.39, 0.29) is 0 Å². The van der Waals surface area contributed by atoms with Gasteiger partial charge in [-0.3, -0.25) is 0 Å². The summed E-state index contributed by atoms with van der Waals surface area (Å²) >= 11 is 7.76. The lowest BCUT2D eigenvalue weighted by atomic mass is 10.0. The Kier molecular flexibility index (Phi) is 4.86. The molecule has 0 fully saturated rings. The molecule has 2 atom stereocenters. The predicted octanol–water partition coefficient (Wildman–Crippen LogP) is 3.39. The van der Waals surface area contributed by atoms with Gasteiger partial charge in [-0.15, -0.1) is 11.3 Å². The molecule has 0 spiro atoms. The van der Waals surface area contributed by atoms with E-state index in [2.05, 4.69) is 18.3 Å². The van der Waals surface area contributed by atoms with E-state index >= 15 is 0 Å². The molecule has 0 aliphatic heterocycles. The smallest absolute Gasteiger partial charge is 0.0934 e. The number of aliphatic hydroxyl groups excluding tert-OH is 1. The average molecular weight is 274 g/mol. The number of thiophene rings is 1. The van der Waals surface area contributed by atoms with Gasteiger partial charge < -0.3 is 10.4 Å². The maximum absolute atomic E-state index is 8.98. The number of aliphatic hydroxyl groups is 1. The van der Waals surface area contributed by atoms with Crippen molar-refractivity contribution in [3.8, 4) is 0 Å². The third-order valence-corrected chi connectivity index (χ3v) is 4.95. The number of hydrogen-bond acceptors (Lipinski definition) is 3. The molecule has 2 N–H and O–H groups in total. The van der Waals surface area contributed by atoms with Gasteiger partial charge in [0.25, 0.3) is 0 Å². The van der Waals surface area contributed by atoms with E-state index < -0.39 is 0 Å². The fraction of sp³-hybridized carbons (Fsp3) is 0.692. The van der Waals surface area contributed by atoms with Gasteiger partial charge in [0.2, 0.25) is 0 Å². The maximum Gasteiger partial charge on any atom is 0.0934 e. The molecular weight excluding hydrogens is 254 g/mol. The van der Waals surface area contributed by atoms with Crippen molar-refractivity contribution in [2.24, 2.45) is 5.92 Å². The lowest BCUT2D eigenvalue weighted by Crippen LogP contribution is -2.26. The molecule has 0 amide bonds. The molecule has 2 nitrogen and oxygen atoms in total. The Morgan fingerprint density at radius 2 is 2.47 bits per heavy atom. The maximum atomic E-state index is 8.98. The van der Waals surface area contributed by atoms with Gasteiger partial charge in [0.1, 0.15) is 0 Å². The van der Waals surface area contributed by atoms with Crippen LogP contribution in [0.5, 0.6) is 0 Å². The highest BCUT2D eigenvalue weighted by atomic mass is 35.5. The summed E-state index contributed by atoms with van der Waals surface area (Å²) in [5.74, 6) is 0.582. The summed E-state index contributed by atoms with van der Waals surface area (Å²) < 4.78 is 0.906. The lowest BCUT2D eigenvalue weighted by Gasteiger charge is -2.18. The van der Waals surface area contributed by atoms with Crippen LogP contribution in [0.2, 0.25) is 4.34 Å². The third-order valence-electron chi connectivity index (χ3n) is 3.61. The summed E-state index contributed by atoms with van der Waals surface area (Å²) in [6, 6.07) is 2.58. The van der Waals surface area contributed by atoms with Crippen molar-refractivity contribution in [3.63, 3.8) is 0 Å². The zero-order valence-corrected chi connectivity index (χ0v) is 11.8. The summed E-state index contributed by atoms with van der Waals surface area (Å²) in [6.45, 7) is 3.47. The van der Waals surface area contributed by atoms with Crippen molar-refractivity contribution in [2.45, 2.75) is 38.6 Å². The molecule has 0 saturated heterocycles. The summed E-state index contributed by atoms with van der Waals surface area (Å²) in [4.78, 5) is 1.45. The summed E-state index contributed by atoms with van der Waals surface area (Å²) in [5, 5.41) is 12.6. The lowest BCUT2D eigenvalue weighted by molar-refractivity contribution is 0.248. The second kappa shape index (κ2) is 6.19. The Morgan fingerprint density at radius 3 is 3.18 bits per heavy atom. The number of aryl methyl sites for hydroxylation is 1. The van der Waals surface area contributed by atoms with Crippen LogP contribution in [-0.4, -0.2) is 18.3 Å². The van der Waals surface area contributed by atoms with Crippen LogP contribution >= 0.6 is 22.9 Å². The molecule has 2 rings (SSSR count). The minimum absolute atomic E-state index is 0.292. The molecule has 0 bridgehead atoms. The Morgan fingerprint density at radius 1 is 1.65 bits per heavy atom. The molecule has 1 heterocycles. The Hall–Kier alpha value is -0.0900. The Balaban J connectivity index is 1.88. The van der Waals surface area contributed by atoms with Gasteiger partial charge in [0.15, 0.2) is 0 Å². The van der Waals surface area contributed by atoms with Crippen molar-refractivity contribution in [1.29, 1.82) is 0 Å². The highest BCUT2D eigenvalue weighted by Crippen LogP contribution is 2.39. The van der Waals surface area contributed by atoms with E-state index in [0.717, 1.165) is 30.1 Å². The fourth-order valence-corrected chi connectivity index (χ4v) is 3.84. The molecule has 1 aromatic rings. The molecule has 2 unspecified atom stereocenters. The van der Waals surface area contributed by atoms with Gasteiger partial charge in [-0.05, 0) is 43.4 Å². The topological polar surface area (TPSA) is 32.3 Å². The first-order chi connectivity index (χ1) is 8.24. The number of hydrogen-bond donors (Lipinski definition) is 2. The Bertz CT molecular complexity index is 366. The van der Waals surface area contributed by atoms with Crippen molar-refractivity contribution < 1.29 is 5.11 Å². The molecule has 96 valence electrons. The van der Waals surface area contributed by atoms with Gasteiger partial charge in [0.05, 0.1) is 4.34 Å². The first-order valence-electron chi connectivity index (χ1n) is 6.37. The third kappa shape index (κ3) is 3.22. The van der Waals surface area contributed by atoms with Crippen LogP contribution in [0.4, 0.5) is 0 Å². The molecular formula is C13H20ClNOS. The van der Waals surface area contributed by atoms with E-state index in [0.29, 0.717) is 18.6 Å². The van der Waals surface area contributed by atoms with Gasteiger partial charge in [-0.25, -0.2) is 0 Å². The van der Waals surface area contributed by atoms with E-state index in [9.17, 15) is 0 Å². The van der Waals surface area contributed by atoms with Crippen molar-refractivity contribution in [1.82, 2.24) is 5.32 Å².